The highest BCUT2D eigenvalue weighted by molar-refractivity contribution is 5.85. The number of halogens is 1. The number of likely N-dealkylation sites (tertiary alicyclic amines) is 1. The van der Waals surface area contributed by atoms with Crippen molar-refractivity contribution in [2.45, 2.75) is 46.3 Å². The average Bonchev–Trinajstić information content (AvgIpc) is 3.00. The molecule has 0 amide bonds. The third kappa shape index (κ3) is 4.44. The van der Waals surface area contributed by atoms with Crippen LogP contribution in [0.5, 0.6) is 0 Å². The molecule has 1 aliphatic heterocycles. The first kappa shape index (κ1) is 18.9. The number of hydrogen-bond acceptors (Lipinski definition) is 5. The molecule has 0 radical (unpaired) electrons. The first-order chi connectivity index (χ1) is 10.0. The second-order valence-corrected chi connectivity index (χ2v) is 5.62. The van der Waals surface area contributed by atoms with Crippen molar-refractivity contribution in [1.29, 1.82) is 0 Å². The summed E-state index contributed by atoms with van der Waals surface area (Å²) in [5.41, 5.74) is 3.30. The summed E-state index contributed by atoms with van der Waals surface area (Å²) in [6, 6.07) is 0.584. The molecule has 0 saturated carbocycles. The van der Waals surface area contributed by atoms with Gasteiger partial charge in [-0.2, -0.15) is 5.10 Å². The Morgan fingerprint density at radius 1 is 1.45 bits per heavy atom. The Bertz CT molecular complexity index is 504. The van der Waals surface area contributed by atoms with Gasteiger partial charge in [-0.3, -0.25) is 14.4 Å². The maximum atomic E-state index is 11.6. The lowest BCUT2D eigenvalue weighted by Crippen LogP contribution is -2.29. The average molecular weight is 331 g/mol. The van der Waals surface area contributed by atoms with Crippen molar-refractivity contribution in [2.24, 2.45) is 0 Å². The van der Waals surface area contributed by atoms with Crippen LogP contribution in [0.2, 0.25) is 0 Å². The molecule has 1 atom stereocenters. The second kappa shape index (κ2) is 8.50. The quantitative estimate of drug-likeness (QED) is 0.796. The highest BCUT2D eigenvalue weighted by Gasteiger charge is 2.23. The van der Waals surface area contributed by atoms with Crippen LogP contribution < -0.4 is 5.32 Å². The van der Waals surface area contributed by atoms with E-state index in [1.165, 1.54) is 12.0 Å². The van der Waals surface area contributed by atoms with Crippen molar-refractivity contribution < 1.29 is 9.53 Å². The maximum Gasteiger partial charge on any atom is 0.327 e. The van der Waals surface area contributed by atoms with E-state index in [4.69, 9.17) is 4.74 Å². The number of carbonyl (C=O) groups excluding carboxylic acids is 1. The number of nitrogens with one attached hydrogen (secondary N) is 1. The van der Waals surface area contributed by atoms with Gasteiger partial charge in [0.05, 0.1) is 12.3 Å². The Balaban J connectivity index is 0.00000242. The number of aromatic nitrogens is 2. The standard InChI is InChI=1S/C15H26N4O2.ClH/c1-5-21-15(20)10-19-12(3)14(11(2)17-19)9-18-7-6-13(8-18)16-4;/h13,16H,5-10H2,1-4H3;1H. The number of aryl methyl sites for hydroxylation is 1. The highest BCUT2D eigenvalue weighted by Crippen LogP contribution is 2.19. The maximum absolute atomic E-state index is 11.6. The largest absolute Gasteiger partial charge is 0.465 e. The predicted molar refractivity (Wildman–Crippen MR) is 88.3 cm³/mol. The van der Waals surface area contributed by atoms with E-state index in [0.29, 0.717) is 12.6 Å². The molecule has 0 bridgehead atoms. The number of carbonyl (C=O) groups is 1. The zero-order chi connectivity index (χ0) is 15.4. The van der Waals surface area contributed by atoms with E-state index in [2.05, 4.69) is 15.3 Å². The molecule has 0 aliphatic carbocycles. The van der Waals surface area contributed by atoms with Crippen LogP contribution in [0.1, 0.15) is 30.3 Å². The second-order valence-electron chi connectivity index (χ2n) is 5.62. The lowest BCUT2D eigenvalue weighted by Gasteiger charge is -2.16. The number of rotatable bonds is 6. The minimum atomic E-state index is -0.230. The summed E-state index contributed by atoms with van der Waals surface area (Å²) in [4.78, 5) is 14.0. The van der Waals surface area contributed by atoms with Crippen LogP contribution in [0, 0.1) is 13.8 Å². The Labute approximate surface area is 138 Å². The smallest absolute Gasteiger partial charge is 0.327 e. The summed E-state index contributed by atoms with van der Waals surface area (Å²) in [7, 11) is 2.02. The van der Waals surface area contributed by atoms with Crippen LogP contribution in [-0.4, -0.2) is 53.4 Å². The van der Waals surface area contributed by atoms with Gasteiger partial charge in [0.15, 0.2) is 0 Å². The molecule has 6 nitrogen and oxygen atoms in total. The molecule has 2 rings (SSSR count). The summed E-state index contributed by atoms with van der Waals surface area (Å²) >= 11 is 0. The van der Waals surface area contributed by atoms with Crippen LogP contribution >= 0.6 is 12.4 Å². The van der Waals surface area contributed by atoms with Crippen LogP contribution in [0.4, 0.5) is 0 Å². The van der Waals surface area contributed by atoms with Gasteiger partial charge in [-0.1, -0.05) is 0 Å². The number of esters is 1. The Morgan fingerprint density at radius 3 is 2.77 bits per heavy atom. The van der Waals surface area contributed by atoms with Gasteiger partial charge in [0, 0.05) is 36.9 Å². The van der Waals surface area contributed by atoms with Crippen molar-refractivity contribution in [3.8, 4) is 0 Å². The summed E-state index contributed by atoms with van der Waals surface area (Å²) < 4.78 is 6.75. The van der Waals surface area contributed by atoms with E-state index in [-0.39, 0.29) is 24.9 Å². The van der Waals surface area contributed by atoms with E-state index in [0.717, 1.165) is 31.0 Å². The molecule has 1 aromatic rings. The third-order valence-electron chi connectivity index (χ3n) is 4.18. The topological polar surface area (TPSA) is 59.4 Å². The monoisotopic (exact) mass is 330 g/mol. The van der Waals surface area contributed by atoms with Gasteiger partial charge in [-0.15, -0.1) is 12.4 Å². The minimum absolute atomic E-state index is 0. The van der Waals surface area contributed by atoms with Crippen LogP contribution in [0.15, 0.2) is 0 Å². The summed E-state index contributed by atoms with van der Waals surface area (Å²) in [6.07, 6.45) is 1.19. The van der Waals surface area contributed by atoms with E-state index < -0.39 is 0 Å². The Kier molecular flexibility index (Phi) is 7.32. The molecular weight excluding hydrogens is 304 g/mol. The highest BCUT2D eigenvalue weighted by atomic mass is 35.5. The fourth-order valence-corrected chi connectivity index (χ4v) is 2.88. The molecule has 1 aliphatic rings. The SMILES string of the molecule is CCOC(=O)Cn1nc(C)c(CN2CCC(NC)C2)c1C.Cl. The van der Waals surface area contributed by atoms with Crippen molar-refractivity contribution in [3.05, 3.63) is 17.0 Å². The molecule has 0 aromatic carbocycles. The zero-order valence-electron chi connectivity index (χ0n) is 13.9. The van der Waals surface area contributed by atoms with Gasteiger partial charge >= 0.3 is 5.97 Å². The fourth-order valence-electron chi connectivity index (χ4n) is 2.88. The van der Waals surface area contributed by atoms with Gasteiger partial charge in [0.25, 0.3) is 0 Å². The van der Waals surface area contributed by atoms with E-state index in [1.54, 1.807) is 4.68 Å². The molecule has 22 heavy (non-hydrogen) atoms. The molecule has 7 heteroatoms. The fraction of sp³-hybridized carbons (Fsp3) is 0.733. The van der Waals surface area contributed by atoms with E-state index in [1.807, 2.05) is 27.8 Å². The van der Waals surface area contributed by atoms with Gasteiger partial charge in [0.2, 0.25) is 0 Å². The lowest BCUT2D eigenvalue weighted by molar-refractivity contribution is -0.144. The Morgan fingerprint density at radius 2 is 2.18 bits per heavy atom. The van der Waals surface area contributed by atoms with Gasteiger partial charge < -0.3 is 10.1 Å². The van der Waals surface area contributed by atoms with E-state index >= 15 is 0 Å². The van der Waals surface area contributed by atoms with Crippen molar-refractivity contribution >= 4 is 18.4 Å². The normalized spacial score (nSPS) is 18.3. The van der Waals surface area contributed by atoms with Crippen LogP contribution in [-0.2, 0) is 22.6 Å². The third-order valence-corrected chi connectivity index (χ3v) is 4.18. The van der Waals surface area contributed by atoms with Crippen molar-refractivity contribution in [3.63, 3.8) is 0 Å². The number of likely N-dealkylation sites (N-methyl/N-ethyl adjacent to an activating group) is 1. The molecule has 0 spiro atoms. The van der Waals surface area contributed by atoms with Crippen LogP contribution in [0.3, 0.4) is 0 Å². The number of nitrogens with zero attached hydrogens (tertiary/aromatic N) is 3. The molecule has 1 unspecified atom stereocenters. The Hall–Kier alpha value is -1.11. The first-order valence-corrected chi connectivity index (χ1v) is 7.63. The molecule has 1 aromatic heterocycles. The number of hydrogen-bond donors (Lipinski definition) is 1. The van der Waals surface area contributed by atoms with Gasteiger partial charge in [0.1, 0.15) is 6.54 Å². The van der Waals surface area contributed by atoms with Gasteiger partial charge in [-0.05, 0) is 34.2 Å². The summed E-state index contributed by atoms with van der Waals surface area (Å²) in [6.45, 7) is 9.53. The lowest BCUT2D eigenvalue weighted by atomic mass is 10.2. The van der Waals surface area contributed by atoms with E-state index in [9.17, 15) is 4.79 Å². The zero-order valence-corrected chi connectivity index (χ0v) is 14.7. The molecule has 1 N–H and O–H groups in total. The molecule has 1 fully saturated rings. The number of ether oxygens (including phenoxy) is 1. The summed E-state index contributed by atoms with van der Waals surface area (Å²) in [5, 5.41) is 7.82. The van der Waals surface area contributed by atoms with Crippen molar-refractivity contribution in [2.75, 3.05) is 26.7 Å². The minimum Gasteiger partial charge on any atom is -0.465 e. The molecule has 2 heterocycles. The van der Waals surface area contributed by atoms with Crippen molar-refractivity contribution in [1.82, 2.24) is 20.0 Å². The summed E-state index contributed by atoms with van der Waals surface area (Å²) in [5.74, 6) is -0.230. The van der Waals surface area contributed by atoms with Gasteiger partial charge in [-0.25, -0.2) is 0 Å². The van der Waals surface area contributed by atoms with Crippen LogP contribution in [0.25, 0.3) is 0 Å². The molecular formula is C15H27ClN4O2. The molecule has 126 valence electrons. The first-order valence-electron chi connectivity index (χ1n) is 7.63. The predicted octanol–water partition coefficient (Wildman–Crippen LogP) is 1.28. The molecule has 1 saturated heterocycles.